The van der Waals surface area contributed by atoms with Gasteiger partial charge < -0.3 is 10.4 Å². The van der Waals surface area contributed by atoms with Crippen LogP contribution in [0.3, 0.4) is 0 Å². The molecule has 116 valence electrons. The Hall–Kier alpha value is -1.91. The van der Waals surface area contributed by atoms with Gasteiger partial charge in [0, 0.05) is 11.3 Å². The van der Waals surface area contributed by atoms with Crippen molar-refractivity contribution >= 4 is 23.2 Å². The predicted octanol–water partition coefficient (Wildman–Crippen LogP) is 4.00. The van der Waals surface area contributed by atoms with Crippen LogP contribution >= 0.6 is 11.6 Å². The van der Waals surface area contributed by atoms with Crippen molar-refractivity contribution < 1.29 is 14.3 Å². The van der Waals surface area contributed by atoms with Crippen LogP contribution in [-0.2, 0) is 4.79 Å². The first-order valence-electron chi connectivity index (χ1n) is 6.91. The van der Waals surface area contributed by atoms with Crippen LogP contribution in [0, 0.1) is 5.82 Å². The number of hydrogen-bond donors (Lipinski definition) is 2. The normalized spacial score (nSPS) is 21.8. The van der Waals surface area contributed by atoms with Gasteiger partial charge in [-0.3, -0.25) is 4.79 Å². The molecule has 0 saturated heterocycles. The number of hydrogen-bond acceptors (Lipinski definition) is 2. The van der Waals surface area contributed by atoms with E-state index in [1.807, 2.05) is 13.0 Å². The third-order valence-electron chi connectivity index (χ3n) is 3.58. The van der Waals surface area contributed by atoms with Crippen molar-refractivity contribution in [2.45, 2.75) is 25.9 Å². The van der Waals surface area contributed by atoms with E-state index >= 15 is 0 Å². The molecule has 0 spiro atoms. The van der Waals surface area contributed by atoms with Gasteiger partial charge in [-0.25, -0.2) is 4.39 Å². The summed E-state index contributed by atoms with van der Waals surface area (Å²) in [5.74, 6) is -0.904. The molecular formula is C17H17ClFNO2. The number of anilines is 1. The number of rotatable bonds is 3. The molecule has 1 amide bonds. The third-order valence-corrected chi connectivity index (χ3v) is 3.87. The summed E-state index contributed by atoms with van der Waals surface area (Å²) in [6.45, 7) is 5.55. The van der Waals surface area contributed by atoms with E-state index in [9.17, 15) is 14.3 Å². The molecule has 0 aliphatic heterocycles. The van der Waals surface area contributed by atoms with Crippen LogP contribution in [0.15, 0.2) is 53.6 Å². The fourth-order valence-electron chi connectivity index (χ4n) is 2.52. The zero-order valence-electron chi connectivity index (χ0n) is 12.2. The number of amides is 1. The molecule has 22 heavy (non-hydrogen) atoms. The van der Waals surface area contributed by atoms with Gasteiger partial charge in [-0.1, -0.05) is 30.3 Å². The van der Waals surface area contributed by atoms with Gasteiger partial charge in [-0.2, -0.15) is 0 Å². The quantitative estimate of drug-likeness (QED) is 0.827. The van der Waals surface area contributed by atoms with Crippen molar-refractivity contribution in [2.75, 3.05) is 5.32 Å². The monoisotopic (exact) mass is 321 g/mol. The number of aliphatic hydroxyl groups excluding tert-OH is 1. The summed E-state index contributed by atoms with van der Waals surface area (Å²) in [5, 5.41) is 12.4. The molecule has 0 aromatic heterocycles. The molecule has 1 aliphatic carbocycles. The topological polar surface area (TPSA) is 49.3 Å². The Morgan fingerprint density at radius 2 is 2.23 bits per heavy atom. The van der Waals surface area contributed by atoms with E-state index in [0.29, 0.717) is 24.1 Å². The van der Waals surface area contributed by atoms with E-state index in [0.717, 1.165) is 11.1 Å². The molecule has 0 heterocycles. The van der Waals surface area contributed by atoms with Gasteiger partial charge in [-0.15, -0.1) is 0 Å². The molecule has 1 saturated carbocycles. The molecule has 1 fully saturated rings. The van der Waals surface area contributed by atoms with E-state index in [1.54, 1.807) is 0 Å². The number of benzene rings is 1. The van der Waals surface area contributed by atoms with Gasteiger partial charge in [0.1, 0.15) is 5.82 Å². The van der Waals surface area contributed by atoms with Gasteiger partial charge in [-0.05, 0) is 49.1 Å². The first-order valence-corrected chi connectivity index (χ1v) is 7.29. The van der Waals surface area contributed by atoms with E-state index in [2.05, 4.69) is 11.9 Å². The van der Waals surface area contributed by atoms with Crippen molar-refractivity contribution in [3.05, 3.63) is 64.5 Å². The summed E-state index contributed by atoms with van der Waals surface area (Å²) in [6, 6.07) is 3.97. The molecule has 0 bridgehead atoms. The molecule has 2 rings (SSSR count). The van der Waals surface area contributed by atoms with E-state index in [-0.39, 0.29) is 10.9 Å². The number of nitrogens with one attached hydrogen (secondary N) is 1. The second-order valence-electron chi connectivity index (χ2n) is 5.06. The van der Waals surface area contributed by atoms with Gasteiger partial charge in [0.05, 0.1) is 11.1 Å². The summed E-state index contributed by atoms with van der Waals surface area (Å²) in [7, 11) is 0. The lowest BCUT2D eigenvalue weighted by Crippen LogP contribution is -2.15. The fraction of sp³-hybridized carbons (Fsp3) is 0.235. The van der Waals surface area contributed by atoms with E-state index in [1.165, 1.54) is 24.3 Å². The molecular weight excluding hydrogens is 305 g/mol. The van der Waals surface area contributed by atoms with E-state index < -0.39 is 11.9 Å². The first-order chi connectivity index (χ1) is 10.5. The maximum Gasteiger partial charge on any atom is 0.255 e. The van der Waals surface area contributed by atoms with Crippen molar-refractivity contribution in [2.24, 2.45) is 0 Å². The van der Waals surface area contributed by atoms with Crippen LogP contribution in [0.2, 0.25) is 5.02 Å². The minimum atomic E-state index is -0.544. The summed E-state index contributed by atoms with van der Waals surface area (Å²) >= 11 is 5.70. The standard InChI is InChI=1S/C17H17ClFNO2/c1-3-10-7-12(21)9-14(10)13(4-2)17(22)20-11-5-6-16(19)15(18)8-11/h3-6,8,12,21H,2,7,9H2,1H3,(H,20,22)/b10-3-,14-13+. The highest BCUT2D eigenvalue weighted by atomic mass is 35.5. The van der Waals surface area contributed by atoms with Crippen molar-refractivity contribution in [1.82, 2.24) is 0 Å². The zero-order valence-corrected chi connectivity index (χ0v) is 13.0. The highest BCUT2D eigenvalue weighted by Gasteiger charge is 2.26. The highest BCUT2D eigenvalue weighted by Crippen LogP contribution is 2.34. The van der Waals surface area contributed by atoms with E-state index in [4.69, 9.17) is 11.6 Å². The Morgan fingerprint density at radius 1 is 1.50 bits per heavy atom. The molecule has 1 atom stereocenters. The lowest BCUT2D eigenvalue weighted by molar-refractivity contribution is -0.112. The first kappa shape index (κ1) is 16.5. The second kappa shape index (κ2) is 6.90. The Kier molecular flexibility index (Phi) is 5.16. The fourth-order valence-corrected chi connectivity index (χ4v) is 2.70. The lowest BCUT2D eigenvalue weighted by Gasteiger charge is -2.10. The Morgan fingerprint density at radius 3 is 2.82 bits per heavy atom. The van der Waals surface area contributed by atoms with Crippen molar-refractivity contribution in [1.29, 1.82) is 0 Å². The Labute approximate surface area is 133 Å². The average Bonchev–Trinajstić information content (AvgIpc) is 2.84. The maximum absolute atomic E-state index is 13.1. The number of carbonyl (C=O) groups excluding carboxylic acids is 1. The van der Waals surface area contributed by atoms with Gasteiger partial charge in [0.15, 0.2) is 0 Å². The Bertz CT molecular complexity index is 679. The molecule has 3 nitrogen and oxygen atoms in total. The molecule has 2 N–H and O–H groups in total. The molecule has 1 aromatic rings. The number of carbonyl (C=O) groups is 1. The van der Waals surface area contributed by atoms with Crippen LogP contribution in [-0.4, -0.2) is 17.1 Å². The van der Waals surface area contributed by atoms with Crippen molar-refractivity contribution in [3.63, 3.8) is 0 Å². The number of allylic oxidation sites excluding steroid dienone is 1. The number of halogens is 2. The van der Waals surface area contributed by atoms with Crippen LogP contribution in [0.4, 0.5) is 10.1 Å². The van der Waals surface area contributed by atoms with Gasteiger partial charge in [0.2, 0.25) is 0 Å². The zero-order chi connectivity index (χ0) is 16.3. The largest absolute Gasteiger partial charge is 0.392 e. The lowest BCUT2D eigenvalue weighted by atomic mass is 10.0. The van der Waals surface area contributed by atoms with Crippen molar-refractivity contribution in [3.8, 4) is 0 Å². The molecule has 5 heteroatoms. The summed E-state index contributed by atoms with van der Waals surface area (Å²) < 4.78 is 13.1. The SMILES string of the molecule is C=C/C(C(=O)Nc1ccc(F)c(Cl)c1)=C1/CC(O)C/C1=C/C. The summed E-state index contributed by atoms with van der Waals surface area (Å²) in [4.78, 5) is 12.4. The molecule has 1 aromatic carbocycles. The average molecular weight is 322 g/mol. The van der Waals surface area contributed by atoms with Crippen LogP contribution < -0.4 is 5.32 Å². The van der Waals surface area contributed by atoms with Gasteiger partial charge >= 0.3 is 0 Å². The minimum Gasteiger partial charge on any atom is -0.392 e. The summed E-state index contributed by atoms with van der Waals surface area (Å²) in [5.41, 5.74) is 2.53. The minimum absolute atomic E-state index is 0.0592. The van der Waals surface area contributed by atoms with Gasteiger partial charge in [0.25, 0.3) is 5.91 Å². The maximum atomic E-state index is 13.1. The van der Waals surface area contributed by atoms with Crippen LogP contribution in [0.1, 0.15) is 19.8 Å². The summed E-state index contributed by atoms with van der Waals surface area (Å²) in [6.07, 6.45) is 3.82. The highest BCUT2D eigenvalue weighted by molar-refractivity contribution is 6.31. The molecule has 0 radical (unpaired) electrons. The third kappa shape index (κ3) is 3.46. The van der Waals surface area contributed by atoms with Crippen LogP contribution in [0.25, 0.3) is 0 Å². The van der Waals surface area contributed by atoms with Crippen LogP contribution in [0.5, 0.6) is 0 Å². The number of aliphatic hydroxyl groups is 1. The smallest absolute Gasteiger partial charge is 0.255 e. The molecule has 1 unspecified atom stereocenters. The Balaban J connectivity index is 2.29. The molecule has 1 aliphatic rings. The second-order valence-corrected chi connectivity index (χ2v) is 5.46. The predicted molar refractivity (Wildman–Crippen MR) is 86.3 cm³/mol.